The second-order valence-corrected chi connectivity index (χ2v) is 5.02. The largest absolute Gasteiger partial charge is 0.384 e. The Labute approximate surface area is 120 Å². The van der Waals surface area contributed by atoms with Gasteiger partial charge in [0, 0.05) is 23.9 Å². The van der Waals surface area contributed by atoms with Crippen molar-refractivity contribution >= 4 is 16.6 Å². The first kappa shape index (κ1) is 14.1. The molecule has 0 atom stereocenters. The Bertz CT molecular complexity index is 703. The molecule has 2 heterocycles. The molecule has 0 spiro atoms. The van der Waals surface area contributed by atoms with Gasteiger partial charge in [-0.15, -0.1) is 0 Å². The summed E-state index contributed by atoms with van der Waals surface area (Å²) in [5.74, 6) is -3.93. The van der Waals surface area contributed by atoms with Gasteiger partial charge in [0.2, 0.25) is 0 Å². The van der Waals surface area contributed by atoms with Crippen LogP contribution in [-0.4, -0.2) is 18.1 Å². The molecule has 1 aromatic heterocycles. The molecule has 0 unspecified atom stereocenters. The summed E-state index contributed by atoms with van der Waals surface area (Å²) < 4.78 is 46.4. The third kappa shape index (κ3) is 2.33. The SMILES string of the molecule is CCCNc1c2c(nc3c(F)c(F)c(F)cc13)CCOC2. The topological polar surface area (TPSA) is 34.2 Å². The molecule has 1 aliphatic heterocycles. The third-order valence-electron chi connectivity index (χ3n) is 3.58. The molecule has 112 valence electrons. The van der Waals surface area contributed by atoms with Crippen molar-refractivity contribution in [3.8, 4) is 0 Å². The summed E-state index contributed by atoms with van der Waals surface area (Å²) in [7, 11) is 0. The summed E-state index contributed by atoms with van der Waals surface area (Å²) in [4.78, 5) is 4.18. The molecule has 1 aliphatic rings. The Hall–Kier alpha value is -1.82. The average molecular weight is 296 g/mol. The number of halogens is 3. The summed E-state index contributed by atoms with van der Waals surface area (Å²) in [6, 6.07) is 0.994. The number of rotatable bonds is 3. The minimum atomic E-state index is -1.48. The van der Waals surface area contributed by atoms with Crippen LogP contribution < -0.4 is 5.32 Å². The van der Waals surface area contributed by atoms with Gasteiger partial charge in [0.15, 0.2) is 17.5 Å². The fourth-order valence-electron chi connectivity index (χ4n) is 2.55. The Balaban J connectivity index is 2.31. The number of ether oxygens (including phenoxy) is 1. The van der Waals surface area contributed by atoms with Gasteiger partial charge in [0.1, 0.15) is 5.52 Å². The summed E-state index contributed by atoms with van der Waals surface area (Å²) in [5.41, 5.74) is 1.94. The zero-order valence-electron chi connectivity index (χ0n) is 11.6. The number of benzene rings is 1. The van der Waals surface area contributed by atoms with E-state index in [-0.39, 0.29) is 10.9 Å². The number of pyridine rings is 1. The zero-order chi connectivity index (χ0) is 15.0. The lowest BCUT2D eigenvalue weighted by atomic mass is 10.0. The van der Waals surface area contributed by atoms with Gasteiger partial charge in [-0.2, -0.15) is 0 Å². The highest BCUT2D eigenvalue weighted by molar-refractivity contribution is 5.94. The molecule has 0 radical (unpaired) electrons. The highest BCUT2D eigenvalue weighted by Gasteiger charge is 2.23. The lowest BCUT2D eigenvalue weighted by molar-refractivity contribution is 0.110. The van der Waals surface area contributed by atoms with E-state index in [1.165, 1.54) is 0 Å². The van der Waals surface area contributed by atoms with Gasteiger partial charge in [0.25, 0.3) is 0 Å². The average Bonchev–Trinajstić information content (AvgIpc) is 2.50. The molecule has 0 saturated carbocycles. The van der Waals surface area contributed by atoms with Gasteiger partial charge < -0.3 is 10.1 Å². The van der Waals surface area contributed by atoms with E-state index in [0.29, 0.717) is 37.6 Å². The van der Waals surface area contributed by atoms with Crippen molar-refractivity contribution in [1.29, 1.82) is 0 Å². The van der Waals surface area contributed by atoms with E-state index >= 15 is 0 Å². The maximum Gasteiger partial charge on any atom is 0.196 e. The predicted molar refractivity (Wildman–Crippen MR) is 73.8 cm³/mol. The first-order valence-electron chi connectivity index (χ1n) is 6.94. The molecule has 2 aromatic rings. The smallest absolute Gasteiger partial charge is 0.196 e. The van der Waals surface area contributed by atoms with Crippen molar-refractivity contribution in [3.05, 3.63) is 34.8 Å². The summed E-state index contributed by atoms with van der Waals surface area (Å²) >= 11 is 0. The Morgan fingerprint density at radius 3 is 2.86 bits per heavy atom. The van der Waals surface area contributed by atoms with E-state index in [2.05, 4.69) is 10.3 Å². The van der Waals surface area contributed by atoms with Crippen LogP contribution in [0.3, 0.4) is 0 Å². The second-order valence-electron chi connectivity index (χ2n) is 5.02. The summed E-state index contributed by atoms with van der Waals surface area (Å²) in [6.07, 6.45) is 1.39. The maximum absolute atomic E-state index is 14.0. The fraction of sp³-hybridized carbons (Fsp3) is 0.400. The molecule has 0 bridgehead atoms. The van der Waals surface area contributed by atoms with Gasteiger partial charge in [0.05, 0.1) is 24.6 Å². The first-order chi connectivity index (χ1) is 10.1. The summed E-state index contributed by atoms with van der Waals surface area (Å²) in [5, 5.41) is 3.42. The molecule has 1 N–H and O–H groups in total. The Morgan fingerprint density at radius 2 is 2.10 bits per heavy atom. The van der Waals surface area contributed by atoms with E-state index < -0.39 is 17.5 Å². The van der Waals surface area contributed by atoms with Crippen molar-refractivity contribution in [2.24, 2.45) is 0 Å². The fourth-order valence-corrected chi connectivity index (χ4v) is 2.55. The van der Waals surface area contributed by atoms with Crippen LogP contribution in [0.5, 0.6) is 0 Å². The molecule has 0 amide bonds. The highest BCUT2D eigenvalue weighted by Crippen LogP contribution is 2.34. The van der Waals surface area contributed by atoms with Gasteiger partial charge in [-0.25, -0.2) is 18.2 Å². The minimum absolute atomic E-state index is 0.131. The molecule has 0 saturated heterocycles. The van der Waals surface area contributed by atoms with Crippen LogP contribution in [0.4, 0.5) is 18.9 Å². The van der Waals surface area contributed by atoms with Crippen LogP contribution in [0.2, 0.25) is 0 Å². The number of hydrogen-bond donors (Lipinski definition) is 1. The van der Waals surface area contributed by atoms with Crippen molar-refractivity contribution in [2.45, 2.75) is 26.4 Å². The number of aromatic nitrogens is 1. The van der Waals surface area contributed by atoms with Crippen LogP contribution in [0, 0.1) is 17.5 Å². The van der Waals surface area contributed by atoms with Crippen LogP contribution in [0.25, 0.3) is 10.9 Å². The van der Waals surface area contributed by atoms with Gasteiger partial charge in [-0.3, -0.25) is 0 Å². The number of nitrogens with one attached hydrogen (secondary N) is 1. The predicted octanol–water partition coefficient (Wildman–Crippen LogP) is 3.55. The van der Waals surface area contributed by atoms with E-state index in [1.807, 2.05) is 6.92 Å². The maximum atomic E-state index is 14.0. The van der Waals surface area contributed by atoms with E-state index in [9.17, 15) is 13.2 Å². The molecular weight excluding hydrogens is 281 g/mol. The van der Waals surface area contributed by atoms with Crippen molar-refractivity contribution in [3.63, 3.8) is 0 Å². The normalized spacial score (nSPS) is 14.3. The molecular formula is C15H15F3N2O. The molecule has 0 aliphatic carbocycles. The van der Waals surface area contributed by atoms with E-state index in [0.717, 1.165) is 18.1 Å². The number of hydrogen-bond acceptors (Lipinski definition) is 3. The van der Waals surface area contributed by atoms with Crippen molar-refractivity contribution in [2.75, 3.05) is 18.5 Å². The molecule has 21 heavy (non-hydrogen) atoms. The zero-order valence-corrected chi connectivity index (χ0v) is 11.6. The highest BCUT2D eigenvalue weighted by atomic mass is 19.2. The van der Waals surface area contributed by atoms with E-state index in [4.69, 9.17) is 4.74 Å². The Kier molecular flexibility index (Phi) is 3.71. The summed E-state index contributed by atoms with van der Waals surface area (Å²) in [6.45, 7) is 3.46. The number of nitrogens with zero attached hydrogens (tertiary/aromatic N) is 1. The van der Waals surface area contributed by atoms with Crippen LogP contribution in [0.1, 0.15) is 24.6 Å². The molecule has 3 nitrogen and oxygen atoms in total. The second kappa shape index (κ2) is 5.52. The van der Waals surface area contributed by atoms with E-state index in [1.54, 1.807) is 0 Å². The third-order valence-corrected chi connectivity index (χ3v) is 3.58. The lowest BCUT2D eigenvalue weighted by Gasteiger charge is -2.22. The minimum Gasteiger partial charge on any atom is -0.384 e. The number of fused-ring (bicyclic) bond motifs is 2. The molecule has 1 aromatic carbocycles. The first-order valence-corrected chi connectivity index (χ1v) is 6.94. The molecule has 3 rings (SSSR count). The van der Waals surface area contributed by atoms with Crippen LogP contribution >= 0.6 is 0 Å². The van der Waals surface area contributed by atoms with Crippen molar-refractivity contribution in [1.82, 2.24) is 4.98 Å². The van der Waals surface area contributed by atoms with Crippen molar-refractivity contribution < 1.29 is 17.9 Å². The van der Waals surface area contributed by atoms with Gasteiger partial charge >= 0.3 is 0 Å². The monoisotopic (exact) mass is 296 g/mol. The Morgan fingerprint density at radius 1 is 1.29 bits per heavy atom. The van der Waals surface area contributed by atoms with Gasteiger partial charge in [-0.1, -0.05) is 6.92 Å². The van der Waals surface area contributed by atoms with Crippen LogP contribution in [0.15, 0.2) is 6.07 Å². The molecule has 6 heteroatoms. The van der Waals surface area contributed by atoms with Crippen LogP contribution in [-0.2, 0) is 17.8 Å². The quantitative estimate of drug-likeness (QED) is 0.880. The molecule has 0 fully saturated rings. The van der Waals surface area contributed by atoms with Gasteiger partial charge in [-0.05, 0) is 12.5 Å². The standard InChI is InChI=1S/C15H15F3N2O/c1-2-4-19-14-8-6-10(16)12(17)13(18)15(8)20-11-3-5-21-7-9(11)14/h6H,2-5,7H2,1H3,(H,19,20). The lowest BCUT2D eigenvalue weighted by Crippen LogP contribution is -2.16. The number of anilines is 1.